The molecule has 0 radical (unpaired) electrons. The van der Waals surface area contributed by atoms with Crippen LogP contribution in [0.5, 0.6) is 0 Å². The Hall–Kier alpha value is -2.62. The summed E-state index contributed by atoms with van der Waals surface area (Å²) in [5.41, 5.74) is 2.48. The number of benzene rings is 2. The maximum atomic E-state index is 14.2. The first kappa shape index (κ1) is 23.5. The molecule has 2 aromatic carbocycles. The van der Waals surface area contributed by atoms with Crippen LogP contribution in [0.25, 0.3) is 11.1 Å². The number of carbonyl (C=O) groups excluding carboxylic acids is 1. The fraction of sp³-hybridized carbons (Fsp3) is 0.462. The van der Waals surface area contributed by atoms with Crippen molar-refractivity contribution in [3.63, 3.8) is 0 Å². The molecule has 1 N–H and O–H groups in total. The van der Waals surface area contributed by atoms with Crippen molar-refractivity contribution in [2.24, 2.45) is 0 Å². The molecule has 5 nitrogen and oxygen atoms in total. The maximum Gasteiger partial charge on any atom is 0.407 e. The van der Waals surface area contributed by atoms with E-state index in [9.17, 15) is 9.18 Å². The third kappa shape index (κ3) is 4.85. The molecule has 2 saturated heterocycles. The van der Waals surface area contributed by atoms with Crippen LogP contribution in [-0.2, 0) is 4.74 Å². The summed E-state index contributed by atoms with van der Waals surface area (Å²) in [5, 5.41) is 12.6. The van der Waals surface area contributed by atoms with Gasteiger partial charge in [-0.05, 0) is 68.0 Å². The number of carbonyl (C=O) groups is 1. The van der Waals surface area contributed by atoms with E-state index in [2.05, 4.69) is 24.1 Å². The monoisotopic (exact) mass is 469 g/mol. The molecule has 0 spiro atoms. The minimum atomic E-state index is -0.554. The molecule has 33 heavy (non-hydrogen) atoms. The SMILES string of the molecule is CCCCOC(=O)N[C@@H]1C[C@@H]2CC[C@H]1N2C(C)c1ccc(Cl)c(-c2ccc(C#N)c(F)c2)c1. The fourth-order valence-electron chi connectivity index (χ4n) is 5.26. The molecular formula is C26H29ClFN3O2. The van der Waals surface area contributed by atoms with Crippen molar-refractivity contribution in [3.05, 3.63) is 58.4 Å². The van der Waals surface area contributed by atoms with E-state index in [4.69, 9.17) is 21.6 Å². The predicted molar refractivity (Wildman–Crippen MR) is 126 cm³/mol. The van der Waals surface area contributed by atoms with Crippen molar-refractivity contribution in [2.45, 2.75) is 70.1 Å². The van der Waals surface area contributed by atoms with Crippen LogP contribution in [0.15, 0.2) is 36.4 Å². The average Bonchev–Trinajstić information content (AvgIpc) is 3.36. The molecule has 2 aliphatic heterocycles. The van der Waals surface area contributed by atoms with Gasteiger partial charge in [-0.25, -0.2) is 9.18 Å². The van der Waals surface area contributed by atoms with Crippen LogP contribution in [0.1, 0.15) is 63.1 Å². The molecule has 0 saturated carbocycles. The van der Waals surface area contributed by atoms with Gasteiger partial charge in [0.25, 0.3) is 0 Å². The molecule has 1 unspecified atom stereocenters. The second-order valence-electron chi connectivity index (χ2n) is 8.94. The maximum absolute atomic E-state index is 14.2. The Morgan fingerprint density at radius 3 is 2.88 bits per heavy atom. The zero-order valence-corrected chi connectivity index (χ0v) is 19.7. The highest BCUT2D eigenvalue weighted by Gasteiger charge is 2.48. The number of nitriles is 1. The van der Waals surface area contributed by atoms with E-state index in [-0.39, 0.29) is 29.8 Å². The van der Waals surface area contributed by atoms with E-state index < -0.39 is 5.82 Å². The second-order valence-corrected chi connectivity index (χ2v) is 9.35. The van der Waals surface area contributed by atoms with Gasteiger partial charge in [0.2, 0.25) is 0 Å². The van der Waals surface area contributed by atoms with Crippen LogP contribution >= 0.6 is 11.6 Å². The lowest BCUT2D eigenvalue weighted by molar-refractivity contribution is 0.134. The number of alkyl carbamates (subject to hydrolysis) is 1. The summed E-state index contributed by atoms with van der Waals surface area (Å²) in [7, 11) is 0. The summed E-state index contributed by atoms with van der Waals surface area (Å²) >= 11 is 6.46. The number of halogens is 2. The van der Waals surface area contributed by atoms with Gasteiger partial charge in [0.05, 0.1) is 12.2 Å². The van der Waals surface area contributed by atoms with Crippen LogP contribution in [0.3, 0.4) is 0 Å². The van der Waals surface area contributed by atoms with E-state index >= 15 is 0 Å². The van der Waals surface area contributed by atoms with Crippen molar-refractivity contribution in [1.82, 2.24) is 10.2 Å². The molecule has 174 valence electrons. The minimum Gasteiger partial charge on any atom is -0.450 e. The van der Waals surface area contributed by atoms with Gasteiger partial charge in [-0.1, -0.05) is 37.1 Å². The molecule has 2 fully saturated rings. The van der Waals surface area contributed by atoms with Gasteiger partial charge in [0.1, 0.15) is 11.9 Å². The standard InChI is InChI=1S/C26H29ClFN3O2/c1-3-4-11-33-26(32)30-24-14-20-8-10-25(24)31(20)16(2)17-7-9-22(27)21(12-17)18-5-6-19(15-29)23(28)13-18/h5-7,9,12-13,16,20,24-25H,3-4,8,10-11,14H2,1-2H3,(H,30,32)/t16?,20-,24+,25+/m0/s1. The van der Waals surface area contributed by atoms with Gasteiger partial charge in [0, 0.05) is 34.8 Å². The predicted octanol–water partition coefficient (Wildman–Crippen LogP) is 6.21. The zero-order chi connectivity index (χ0) is 23.5. The molecule has 1 amide bonds. The number of fused-ring (bicyclic) bond motifs is 2. The number of rotatable bonds is 7. The molecular weight excluding hydrogens is 441 g/mol. The Morgan fingerprint density at radius 2 is 2.15 bits per heavy atom. The van der Waals surface area contributed by atoms with E-state index in [0.29, 0.717) is 23.2 Å². The summed E-state index contributed by atoms with van der Waals surface area (Å²) < 4.78 is 19.5. The van der Waals surface area contributed by atoms with E-state index in [1.165, 1.54) is 12.1 Å². The average molecular weight is 470 g/mol. The normalized spacial score (nSPS) is 22.7. The Labute approximate surface area is 199 Å². The number of nitrogens with one attached hydrogen (secondary N) is 1. The number of nitrogens with zero attached hydrogens (tertiary/aromatic N) is 2. The molecule has 2 bridgehead atoms. The van der Waals surface area contributed by atoms with Crippen molar-refractivity contribution < 1.29 is 13.9 Å². The topological polar surface area (TPSA) is 65.4 Å². The molecule has 4 atom stereocenters. The van der Waals surface area contributed by atoms with Crippen molar-refractivity contribution in [2.75, 3.05) is 6.61 Å². The molecule has 4 rings (SSSR count). The fourth-order valence-corrected chi connectivity index (χ4v) is 5.49. The van der Waals surface area contributed by atoms with Crippen molar-refractivity contribution in [1.29, 1.82) is 5.26 Å². The smallest absolute Gasteiger partial charge is 0.407 e. The van der Waals surface area contributed by atoms with Gasteiger partial charge >= 0.3 is 6.09 Å². The Bertz CT molecular complexity index is 1070. The van der Waals surface area contributed by atoms with Crippen LogP contribution in [0, 0.1) is 17.1 Å². The van der Waals surface area contributed by atoms with Gasteiger partial charge in [-0.2, -0.15) is 5.26 Å². The third-order valence-corrected chi connectivity index (χ3v) is 7.28. The third-order valence-electron chi connectivity index (χ3n) is 6.95. The van der Waals surface area contributed by atoms with Crippen molar-refractivity contribution in [3.8, 4) is 17.2 Å². The van der Waals surface area contributed by atoms with Crippen LogP contribution in [0.4, 0.5) is 9.18 Å². The Balaban J connectivity index is 1.51. The summed E-state index contributed by atoms with van der Waals surface area (Å²) in [6.07, 6.45) is 4.60. The number of amides is 1. The zero-order valence-electron chi connectivity index (χ0n) is 19.0. The van der Waals surface area contributed by atoms with Crippen LogP contribution in [0.2, 0.25) is 5.02 Å². The first-order chi connectivity index (χ1) is 15.9. The summed E-state index contributed by atoms with van der Waals surface area (Å²) in [6.45, 7) is 4.68. The summed E-state index contributed by atoms with van der Waals surface area (Å²) in [4.78, 5) is 14.7. The molecule has 0 aliphatic carbocycles. The highest BCUT2D eigenvalue weighted by Crippen LogP contribution is 2.44. The lowest BCUT2D eigenvalue weighted by Gasteiger charge is -2.31. The second kappa shape index (κ2) is 10.1. The highest BCUT2D eigenvalue weighted by molar-refractivity contribution is 6.33. The van der Waals surface area contributed by atoms with Crippen LogP contribution in [-0.4, -0.2) is 35.7 Å². The Kier molecular flexibility index (Phi) is 7.21. The number of ether oxygens (including phenoxy) is 1. The van der Waals surface area contributed by atoms with Gasteiger partial charge in [-0.15, -0.1) is 0 Å². The van der Waals surface area contributed by atoms with Gasteiger partial charge in [0.15, 0.2) is 0 Å². The van der Waals surface area contributed by atoms with Gasteiger partial charge in [-0.3, -0.25) is 4.90 Å². The molecule has 2 aromatic rings. The molecule has 2 aliphatic rings. The van der Waals surface area contributed by atoms with E-state index in [1.54, 1.807) is 6.07 Å². The van der Waals surface area contributed by atoms with Crippen molar-refractivity contribution >= 4 is 17.7 Å². The van der Waals surface area contributed by atoms with E-state index in [1.807, 2.05) is 24.3 Å². The number of unbranched alkanes of at least 4 members (excludes halogenated alkanes) is 1. The van der Waals surface area contributed by atoms with E-state index in [0.717, 1.165) is 43.2 Å². The first-order valence-electron chi connectivity index (χ1n) is 11.6. The number of hydrogen-bond donors (Lipinski definition) is 1. The molecule has 2 heterocycles. The number of hydrogen-bond acceptors (Lipinski definition) is 4. The molecule has 0 aromatic heterocycles. The largest absolute Gasteiger partial charge is 0.450 e. The minimum absolute atomic E-state index is 0.0137. The first-order valence-corrected chi connectivity index (χ1v) is 12.0. The quantitative estimate of drug-likeness (QED) is 0.489. The lowest BCUT2D eigenvalue weighted by Crippen LogP contribution is -2.44. The highest BCUT2D eigenvalue weighted by atomic mass is 35.5. The summed E-state index contributed by atoms with van der Waals surface area (Å²) in [6, 6.07) is 13.1. The lowest BCUT2D eigenvalue weighted by atomic mass is 9.96. The van der Waals surface area contributed by atoms with Gasteiger partial charge < -0.3 is 10.1 Å². The summed E-state index contributed by atoms with van der Waals surface area (Å²) in [5.74, 6) is -0.554. The molecule has 7 heteroatoms. The van der Waals surface area contributed by atoms with Crippen LogP contribution < -0.4 is 5.32 Å². The Morgan fingerprint density at radius 1 is 1.33 bits per heavy atom.